The number of aromatic nitrogens is 5. The molecule has 5 rings (SSSR count). The van der Waals surface area contributed by atoms with E-state index in [0.29, 0.717) is 54.6 Å². The number of aromatic amines is 1. The maximum atomic E-state index is 13.1. The number of hydrogen-bond acceptors (Lipinski definition) is 9. The number of methoxy groups -OCH3 is 3. The molecule has 3 aromatic heterocycles. The maximum absolute atomic E-state index is 13.1. The first-order valence-electron chi connectivity index (χ1n) is 12.0. The normalized spacial score (nSPS) is 11.3. The first-order chi connectivity index (χ1) is 18.6. The van der Waals surface area contributed by atoms with Crippen molar-refractivity contribution in [1.82, 2.24) is 30.1 Å². The van der Waals surface area contributed by atoms with Crippen molar-refractivity contribution in [3.63, 3.8) is 0 Å². The topological polar surface area (TPSA) is 121 Å². The van der Waals surface area contributed by atoms with Gasteiger partial charge in [-0.3, -0.25) is 9.69 Å². The molecule has 0 radical (unpaired) electrons. The van der Waals surface area contributed by atoms with Crippen LogP contribution in [0.15, 0.2) is 70.1 Å². The summed E-state index contributed by atoms with van der Waals surface area (Å²) in [6.45, 7) is 1.70. The van der Waals surface area contributed by atoms with Crippen LogP contribution in [0.4, 0.5) is 0 Å². The SMILES string of the molecule is COc1ccc(Cn2nnnc2CN(Cc2ccco2)Cc2cc3cc(OC)c(OC)cc3[nH]c2=O)cc1. The molecule has 0 amide bonds. The Morgan fingerprint density at radius 3 is 2.45 bits per heavy atom. The number of ether oxygens (including phenoxy) is 3. The van der Waals surface area contributed by atoms with Gasteiger partial charge in [-0.1, -0.05) is 12.1 Å². The number of hydrogen-bond donors (Lipinski definition) is 1. The molecule has 0 unspecified atom stereocenters. The number of fused-ring (bicyclic) bond motifs is 1. The van der Waals surface area contributed by atoms with Crippen molar-refractivity contribution in [3.8, 4) is 17.2 Å². The van der Waals surface area contributed by atoms with Crippen LogP contribution >= 0.6 is 0 Å². The van der Waals surface area contributed by atoms with E-state index < -0.39 is 0 Å². The minimum atomic E-state index is -0.188. The highest BCUT2D eigenvalue weighted by Gasteiger charge is 2.18. The lowest BCUT2D eigenvalue weighted by Gasteiger charge is -2.21. The number of nitrogens with zero attached hydrogens (tertiary/aromatic N) is 5. The molecule has 0 aliphatic heterocycles. The Bertz CT molecular complexity index is 1560. The second-order valence-electron chi connectivity index (χ2n) is 8.74. The fourth-order valence-corrected chi connectivity index (χ4v) is 4.29. The molecule has 38 heavy (non-hydrogen) atoms. The van der Waals surface area contributed by atoms with Crippen molar-refractivity contribution in [3.05, 3.63) is 93.9 Å². The second-order valence-corrected chi connectivity index (χ2v) is 8.74. The van der Waals surface area contributed by atoms with Crippen molar-refractivity contribution in [2.45, 2.75) is 26.2 Å². The maximum Gasteiger partial charge on any atom is 0.252 e. The Labute approximate surface area is 218 Å². The van der Waals surface area contributed by atoms with Gasteiger partial charge in [-0.05, 0) is 52.4 Å². The van der Waals surface area contributed by atoms with Gasteiger partial charge in [0.2, 0.25) is 0 Å². The van der Waals surface area contributed by atoms with E-state index in [0.717, 1.165) is 22.5 Å². The number of benzene rings is 2. The lowest BCUT2D eigenvalue weighted by molar-refractivity contribution is 0.217. The highest BCUT2D eigenvalue weighted by atomic mass is 16.5. The fraction of sp³-hybridized carbons (Fsp3) is 0.259. The van der Waals surface area contributed by atoms with Crippen LogP contribution in [-0.2, 0) is 26.2 Å². The molecule has 0 aliphatic carbocycles. The van der Waals surface area contributed by atoms with E-state index in [-0.39, 0.29) is 5.56 Å². The van der Waals surface area contributed by atoms with Gasteiger partial charge >= 0.3 is 0 Å². The van der Waals surface area contributed by atoms with Crippen molar-refractivity contribution in [1.29, 1.82) is 0 Å². The van der Waals surface area contributed by atoms with Crippen LogP contribution in [0.2, 0.25) is 0 Å². The lowest BCUT2D eigenvalue weighted by atomic mass is 10.1. The van der Waals surface area contributed by atoms with Crippen LogP contribution in [0.3, 0.4) is 0 Å². The first kappa shape index (κ1) is 25.0. The zero-order chi connectivity index (χ0) is 26.5. The zero-order valence-electron chi connectivity index (χ0n) is 21.4. The quantitative estimate of drug-likeness (QED) is 0.282. The van der Waals surface area contributed by atoms with Gasteiger partial charge in [0.05, 0.1) is 52.7 Å². The van der Waals surface area contributed by atoms with Crippen LogP contribution in [-0.4, -0.2) is 51.4 Å². The van der Waals surface area contributed by atoms with Crippen LogP contribution in [0, 0.1) is 0 Å². The summed E-state index contributed by atoms with van der Waals surface area (Å²) in [6, 6.07) is 17.0. The summed E-state index contributed by atoms with van der Waals surface area (Å²) in [7, 11) is 4.78. The largest absolute Gasteiger partial charge is 0.497 e. The molecule has 0 aliphatic rings. The number of tetrazole rings is 1. The smallest absolute Gasteiger partial charge is 0.252 e. The van der Waals surface area contributed by atoms with E-state index in [1.165, 1.54) is 0 Å². The van der Waals surface area contributed by atoms with Crippen molar-refractivity contribution in [2.75, 3.05) is 21.3 Å². The van der Waals surface area contributed by atoms with E-state index in [2.05, 4.69) is 25.4 Å². The minimum Gasteiger partial charge on any atom is -0.497 e. The summed E-state index contributed by atoms with van der Waals surface area (Å²) in [4.78, 5) is 18.1. The number of nitrogens with one attached hydrogen (secondary N) is 1. The molecular formula is C27H28N6O5. The van der Waals surface area contributed by atoms with Crippen LogP contribution in [0.25, 0.3) is 10.9 Å². The van der Waals surface area contributed by atoms with E-state index in [1.807, 2.05) is 48.5 Å². The predicted octanol–water partition coefficient (Wildman–Crippen LogP) is 3.38. The van der Waals surface area contributed by atoms with Gasteiger partial charge in [0.25, 0.3) is 5.56 Å². The van der Waals surface area contributed by atoms with Gasteiger partial charge in [0.1, 0.15) is 11.5 Å². The molecule has 11 heteroatoms. The lowest BCUT2D eigenvalue weighted by Crippen LogP contribution is -2.28. The van der Waals surface area contributed by atoms with Gasteiger partial charge in [0.15, 0.2) is 17.3 Å². The predicted molar refractivity (Wildman–Crippen MR) is 139 cm³/mol. The molecule has 196 valence electrons. The molecule has 0 atom stereocenters. The third kappa shape index (κ3) is 5.52. The third-order valence-electron chi connectivity index (χ3n) is 6.24. The van der Waals surface area contributed by atoms with Gasteiger partial charge in [-0.15, -0.1) is 5.10 Å². The highest BCUT2D eigenvalue weighted by molar-refractivity contribution is 5.83. The average Bonchev–Trinajstić information content (AvgIpc) is 3.61. The zero-order valence-corrected chi connectivity index (χ0v) is 21.4. The molecule has 0 bridgehead atoms. The standard InChI is InChI=1S/C27H28N6O5/c1-35-21-8-6-18(7-9-21)14-33-26(29-30-31-33)17-32(16-22-5-4-10-38-22)15-20-11-19-12-24(36-2)25(37-3)13-23(19)28-27(20)34/h4-13H,14-17H2,1-3H3,(H,28,34). The fourth-order valence-electron chi connectivity index (χ4n) is 4.29. The average molecular weight is 517 g/mol. The summed E-state index contributed by atoms with van der Waals surface area (Å²) in [5.41, 5.74) is 2.10. The van der Waals surface area contributed by atoms with Crippen LogP contribution in [0.1, 0.15) is 22.7 Å². The molecule has 1 N–H and O–H groups in total. The number of H-pyrrole nitrogens is 1. The molecular weight excluding hydrogens is 488 g/mol. The van der Waals surface area contributed by atoms with Crippen LogP contribution in [0.5, 0.6) is 17.2 Å². The Balaban J connectivity index is 1.42. The summed E-state index contributed by atoms with van der Waals surface area (Å²) in [6.07, 6.45) is 1.63. The second kappa shape index (κ2) is 11.2. The molecule has 0 spiro atoms. The third-order valence-corrected chi connectivity index (χ3v) is 6.24. The summed E-state index contributed by atoms with van der Waals surface area (Å²) in [5.74, 6) is 3.35. The Hall–Kier alpha value is -4.64. The van der Waals surface area contributed by atoms with Crippen LogP contribution < -0.4 is 19.8 Å². The summed E-state index contributed by atoms with van der Waals surface area (Å²) in [5, 5.41) is 13.2. The van der Waals surface area contributed by atoms with Crippen molar-refractivity contribution < 1.29 is 18.6 Å². The van der Waals surface area contributed by atoms with E-state index in [1.54, 1.807) is 38.3 Å². The molecule has 0 saturated carbocycles. The molecule has 0 saturated heterocycles. The molecule has 2 aromatic carbocycles. The molecule has 3 heterocycles. The molecule has 0 fully saturated rings. The highest BCUT2D eigenvalue weighted by Crippen LogP contribution is 2.31. The number of pyridine rings is 1. The monoisotopic (exact) mass is 516 g/mol. The summed E-state index contributed by atoms with van der Waals surface area (Å²) < 4.78 is 23.4. The molecule has 5 aromatic rings. The molecule has 11 nitrogen and oxygen atoms in total. The van der Waals surface area contributed by atoms with Gasteiger partial charge < -0.3 is 23.6 Å². The van der Waals surface area contributed by atoms with Gasteiger partial charge in [-0.2, -0.15) is 0 Å². The van der Waals surface area contributed by atoms with Crippen molar-refractivity contribution >= 4 is 10.9 Å². The number of furan rings is 1. The Kier molecular flexibility index (Phi) is 7.36. The van der Waals surface area contributed by atoms with Gasteiger partial charge in [0, 0.05) is 23.6 Å². The minimum absolute atomic E-state index is 0.188. The first-order valence-corrected chi connectivity index (χ1v) is 12.0. The Morgan fingerprint density at radius 1 is 0.947 bits per heavy atom. The van der Waals surface area contributed by atoms with Gasteiger partial charge in [-0.25, -0.2) is 4.68 Å². The number of rotatable bonds is 11. The Morgan fingerprint density at radius 2 is 1.74 bits per heavy atom. The van der Waals surface area contributed by atoms with E-state index in [9.17, 15) is 4.79 Å². The van der Waals surface area contributed by atoms with Crippen molar-refractivity contribution in [2.24, 2.45) is 0 Å². The van der Waals surface area contributed by atoms with E-state index in [4.69, 9.17) is 18.6 Å². The summed E-state index contributed by atoms with van der Waals surface area (Å²) >= 11 is 0. The van der Waals surface area contributed by atoms with E-state index >= 15 is 0 Å².